The molecule has 0 fully saturated rings. The van der Waals surface area contributed by atoms with Gasteiger partial charge in [-0.1, -0.05) is 38.4 Å². The predicted molar refractivity (Wildman–Crippen MR) is 60.9 cm³/mol. The number of unbranched alkanes of at least 4 members (excludes halogenated alkanes) is 1. The largest absolute Gasteiger partial charge is 0.441 e. The van der Waals surface area contributed by atoms with Crippen molar-refractivity contribution in [3.8, 4) is 0 Å². The van der Waals surface area contributed by atoms with E-state index in [2.05, 4.69) is 9.68 Å². The highest BCUT2D eigenvalue weighted by Crippen LogP contribution is 2.04. The summed E-state index contributed by atoms with van der Waals surface area (Å²) in [7, 11) is 0. The zero-order valence-corrected chi connectivity index (χ0v) is 10.3. The molecule has 0 N–H and O–H groups in total. The molecule has 0 spiro atoms. The van der Waals surface area contributed by atoms with Crippen LogP contribution in [0.4, 0.5) is 4.39 Å². The van der Waals surface area contributed by atoms with Crippen molar-refractivity contribution in [1.29, 1.82) is 0 Å². The average molecular weight is 230 g/mol. The molecular formula is C11H19FN2O2. The van der Waals surface area contributed by atoms with Crippen LogP contribution < -0.4 is 5.76 Å². The quantitative estimate of drug-likeness (QED) is 0.799. The van der Waals surface area contributed by atoms with E-state index in [0.717, 1.165) is 11.0 Å². The number of aryl methyl sites for hydroxylation is 1. The molecule has 5 heteroatoms. The van der Waals surface area contributed by atoms with Crippen molar-refractivity contribution in [2.24, 2.45) is 0 Å². The van der Waals surface area contributed by atoms with Crippen molar-refractivity contribution in [2.75, 3.05) is 0 Å². The maximum Gasteiger partial charge on any atom is 0.441 e. The lowest BCUT2D eigenvalue weighted by Gasteiger charge is -1.98. The van der Waals surface area contributed by atoms with Gasteiger partial charge in [0.1, 0.15) is 5.83 Å². The van der Waals surface area contributed by atoms with Gasteiger partial charge in [0.05, 0.1) is 6.54 Å². The van der Waals surface area contributed by atoms with Crippen molar-refractivity contribution in [3.63, 3.8) is 0 Å². The highest BCUT2D eigenvalue weighted by molar-refractivity contribution is 4.94. The maximum atomic E-state index is 13.1. The van der Waals surface area contributed by atoms with E-state index in [1.807, 2.05) is 20.8 Å². The zero-order chi connectivity index (χ0) is 12.6. The van der Waals surface area contributed by atoms with E-state index in [0.29, 0.717) is 12.2 Å². The van der Waals surface area contributed by atoms with E-state index in [9.17, 15) is 9.18 Å². The Morgan fingerprint density at radius 3 is 2.62 bits per heavy atom. The van der Waals surface area contributed by atoms with Crippen LogP contribution in [0.3, 0.4) is 0 Å². The Hall–Kier alpha value is -1.39. The molecule has 1 heterocycles. The molecule has 16 heavy (non-hydrogen) atoms. The number of aromatic nitrogens is 2. The van der Waals surface area contributed by atoms with Crippen LogP contribution in [0.15, 0.2) is 21.2 Å². The van der Waals surface area contributed by atoms with Gasteiger partial charge in [0.2, 0.25) is 0 Å². The lowest BCUT2D eigenvalue weighted by atomic mass is 10.3. The van der Waals surface area contributed by atoms with E-state index in [1.165, 1.54) is 6.08 Å². The van der Waals surface area contributed by atoms with Crippen LogP contribution >= 0.6 is 0 Å². The van der Waals surface area contributed by atoms with Gasteiger partial charge in [-0.2, -0.15) is 0 Å². The third-order valence-electron chi connectivity index (χ3n) is 1.83. The fourth-order valence-electron chi connectivity index (χ4n) is 1.03. The molecule has 1 rings (SSSR count). The first-order valence-corrected chi connectivity index (χ1v) is 5.52. The standard InChI is InChI=1S/C9H13FN2O2.C2H6/c1-3-4-5-8(10)6-12-7(2)11-14-9(12)13;1-2/h5H,3-4,6H2,1-2H3;1-2H3/b8-5+;. The van der Waals surface area contributed by atoms with Gasteiger partial charge in [0, 0.05) is 0 Å². The fourth-order valence-corrected chi connectivity index (χ4v) is 1.03. The van der Waals surface area contributed by atoms with Crippen LogP contribution in [-0.4, -0.2) is 9.72 Å². The molecule has 92 valence electrons. The SMILES string of the molecule is CC.CCC/C=C(/F)Cn1c(C)noc1=O. The third kappa shape index (κ3) is 4.42. The second kappa shape index (κ2) is 7.84. The minimum absolute atomic E-state index is 0.0891. The van der Waals surface area contributed by atoms with E-state index < -0.39 is 5.76 Å². The van der Waals surface area contributed by atoms with Crippen molar-refractivity contribution >= 4 is 0 Å². The number of hydrogen-bond acceptors (Lipinski definition) is 3. The number of rotatable bonds is 4. The molecule has 1 aromatic rings. The van der Waals surface area contributed by atoms with Gasteiger partial charge in [0.15, 0.2) is 5.82 Å². The Labute approximate surface area is 94.8 Å². The lowest BCUT2D eigenvalue weighted by Crippen LogP contribution is -2.16. The Morgan fingerprint density at radius 1 is 1.56 bits per heavy atom. The molecule has 0 aliphatic carbocycles. The Morgan fingerprint density at radius 2 is 2.19 bits per heavy atom. The molecular weight excluding hydrogens is 211 g/mol. The number of hydrogen-bond donors (Lipinski definition) is 0. The summed E-state index contributed by atoms with van der Waals surface area (Å²) >= 11 is 0. The normalized spacial score (nSPS) is 10.9. The maximum absolute atomic E-state index is 13.1. The van der Waals surface area contributed by atoms with Crippen LogP contribution in [0, 0.1) is 6.92 Å². The van der Waals surface area contributed by atoms with Gasteiger partial charge in [-0.05, 0) is 13.3 Å². The van der Waals surface area contributed by atoms with E-state index >= 15 is 0 Å². The summed E-state index contributed by atoms with van der Waals surface area (Å²) in [5, 5.41) is 3.43. The van der Waals surface area contributed by atoms with Crippen molar-refractivity contribution in [2.45, 2.75) is 47.1 Å². The summed E-state index contributed by atoms with van der Waals surface area (Å²) in [6, 6.07) is 0. The molecule has 0 amide bonds. The number of allylic oxidation sites excluding steroid dienone is 2. The zero-order valence-electron chi connectivity index (χ0n) is 10.3. The van der Waals surface area contributed by atoms with Crippen molar-refractivity contribution in [1.82, 2.24) is 9.72 Å². The predicted octanol–water partition coefficient (Wildman–Crippen LogP) is 2.82. The van der Waals surface area contributed by atoms with Gasteiger partial charge in [0.25, 0.3) is 0 Å². The molecule has 0 aliphatic heterocycles. The Balaban J connectivity index is 0.00000106. The summed E-state index contributed by atoms with van der Waals surface area (Å²) in [4.78, 5) is 11.0. The van der Waals surface area contributed by atoms with E-state index in [1.54, 1.807) is 6.92 Å². The number of halogens is 1. The molecule has 0 atom stereocenters. The summed E-state index contributed by atoms with van der Waals surface area (Å²) in [5.41, 5.74) is 0. The fraction of sp³-hybridized carbons (Fsp3) is 0.636. The van der Waals surface area contributed by atoms with Crippen LogP contribution in [0.25, 0.3) is 0 Å². The molecule has 0 bridgehead atoms. The van der Waals surface area contributed by atoms with Crippen LogP contribution in [0.1, 0.15) is 39.4 Å². The topological polar surface area (TPSA) is 48.0 Å². The second-order valence-electron chi connectivity index (χ2n) is 3.02. The smallest absolute Gasteiger partial charge is 0.296 e. The van der Waals surface area contributed by atoms with Gasteiger partial charge < -0.3 is 0 Å². The highest BCUT2D eigenvalue weighted by atomic mass is 19.1. The molecule has 0 radical (unpaired) electrons. The highest BCUT2D eigenvalue weighted by Gasteiger charge is 2.07. The lowest BCUT2D eigenvalue weighted by molar-refractivity contribution is 0.373. The Kier molecular flexibility index (Phi) is 7.16. The molecule has 0 aliphatic rings. The molecule has 1 aromatic heterocycles. The molecule has 4 nitrogen and oxygen atoms in total. The summed E-state index contributed by atoms with van der Waals surface area (Å²) in [6.45, 7) is 7.47. The molecule has 0 aromatic carbocycles. The van der Waals surface area contributed by atoms with Crippen LogP contribution in [0.5, 0.6) is 0 Å². The summed E-state index contributed by atoms with van der Waals surface area (Å²) in [6.07, 6.45) is 3.02. The minimum atomic E-state index is -0.623. The van der Waals surface area contributed by atoms with Crippen LogP contribution in [-0.2, 0) is 6.54 Å². The first-order chi connectivity index (χ1) is 7.65. The van der Waals surface area contributed by atoms with E-state index in [4.69, 9.17) is 0 Å². The van der Waals surface area contributed by atoms with Gasteiger partial charge >= 0.3 is 5.76 Å². The van der Waals surface area contributed by atoms with Crippen molar-refractivity contribution < 1.29 is 8.91 Å². The van der Waals surface area contributed by atoms with Gasteiger partial charge in [-0.15, -0.1) is 0 Å². The minimum Gasteiger partial charge on any atom is -0.296 e. The third-order valence-corrected chi connectivity index (χ3v) is 1.83. The summed E-state index contributed by atoms with van der Waals surface area (Å²) < 4.78 is 18.7. The van der Waals surface area contributed by atoms with Crippen LogP contribution in [0.2, 0.25) is 0 Å². The Bertz CT molecular complexity index is 380. The first kappa shape index (κ1) is 14.6. The molecule has 0 saturated carbocycles. The van der Waals surface area contributed by atoms with Crippen molar-refractivity contribution in [3.05, 3.63) is 28.3 Å². The first-order valence-electron chi connectivity index (χ1n) is 5.52. The average Bonchev–Trinajstić information content (AvgIpc) is 2.61. The van der Waals surface area contributed by atoms with Gasteiger partial charge in [-0.25, -0.2) is 9.18 Å². The monoisotopic (exact) mass is 230 g/mol. The second-order valence-corrected chi connectivity index (χ2v) is 3.02. The molecule has 0 saturated heterocycles. The molecule has 0 unspecified atom stereocenters. The van der Waals surface area contributed by atoms with E-state index in [-0.39, 0.29) is 12.4 Å². The van der Waals surface area contributed by atoms with Gasteiger partial charge in [-0.3, -0.25) is 9.09 Å². The summed E-state index contributed by atoms with van der Waals surface area (Å²) in [5.74, 6) is -0.571. The number of nitrogens with zero attached hydrogens (tertiary/aromatic N) is 2.